The lowest BCUT2D eigenvalue weighted by molar-refractivity contribution is 0.262. The number of rotatable bonds is 6. The normalized spacial score (nSPS) is 15.8. The van der Waals surface area contributed by atoms with E-state index in [4.69, 9.17) is 11.6 Å². The average molecular weight is 422 g/mol. The molecule has 152 valence electrons. The summed E-state index contributed by atoms with van der Waals surface area (Å²) in [4.78, 5) is 5.00. The molecule has 1 aliphatic heterocycles. The maximum absolute atomic E-state index is 12.7. The smallest absolute Gasteiger partial charge is 0.240 e. The SMILES string of the molecule is Cc1cc(C)c(S(=O)(=O)NCCN2CCN(c3ccc(Cl)cc3)CC2)cc1C. The number of nitrogens with one attached hydrogen (secondary N) is 1. The van der Waals surface area contributed by atoms with Crippen molar-refractivity contribution in [2.24, 2.45) is 0 Å². The highest BCUT2D eigenvalue weighted by Gasteiger charge is 2.20. The van der Waals surface area contributed by atoms with Crippen molar-refractivity contribution in [3.63, 3.8) is 0 Å². The molecule has 1 saturated heterocycles. The van der Waals surface area contributed by atoms with E-state index >= 15 is 0 Å². The van der Waals surface area contributed by atoms with Gasteiger partial charge >= 0.3 is 0 Å². The second kappa shape index (κ2) is 8.82. The number of halogens is 1. The Hall–Kier alpha value is -1.60. The molecule has 0 atom stereocenters. The summed E-state index contributed by atoms with van der Waals surface area (Å²) in [5.74, 6) is 0. The van der Waals surface area contributed by atoms with Gasteiger partial charge in [-0.1, -0.05) is 17.7 Å². The highest BCUT2D eigenvalue weighted by molar-refractivity contribution is 7.89. The van der Waals surface area contributed by atoms with Gasteiger partial charge < -0.3 is 4.90 Å². The van der Waals surface area contributed by atoms with E-state index in [9.17, 15) is 8.42 Å². The van der Waals surface area contributed by atoms with E-state index in [1.165, 1.54) is 5.69 Å². The van der Waals surface area contributed by atoms with Crippen LogP contribution in [-0.2, 0) is 10.0 Å². The molecule has 1 N–H and O–H groups in total. The minimum atomic E-state index is -3.49. The van der Waals surface area contributed by atoms with Crippen LogP contribution in [0.1, 0.15) is 16.7 Å². The van der Waals surface area contributed by atoms with Crippen LogP contribution >= 0.6 is 11.6 Å². The van der Waals surface area contributed by atoms with Crippen molar-refractivity contribution in [2.45, 2.75) is 25.7 Å². The zero-order chi connectivity index (χ0) is 20.3. The predicted octanol–water partition coefficient (Wildman–Crippen LogP) is 3.37. The first kappa shape index (κ1) is 21.1. The minimum Gasteiger partial charge on any atom is -0.369 e. The number of nitrogens with zero attached hydrogens (tertiary/aromatic N) is 2. The predicted molar refractivity (Wildman–Crippen MR) is 116 cm³/mol. The van der Waals surface area contributed by atoms with Crippen LogP contribution in [0.5, 0.6) is 0 Å². The fourth-order valence-corrected chi connectivity index (χ4v) is 4.98. The van der Waals surface area contributed by atoms with Gasteiger partial charge in [0.2, 0.25) is 10.0 Å². The van der Waals surface area contributed by atoms with Crippen molar-refractivity contribution in [1.29, 1.82) is 0 Å². The van der Waals surface area contributed by atoms with Gasteiger partial charge in [-0.3, -0.25) is 4.90 Å². The Labute approximate surface area is 173 Å². The number of piperazine rings is 1. The van der Waals surface area contributed by atoms with E-state index < -0.39 is 10.0 Å². The molecule has 7 heteroatoms. The minimum absolute atomic E-state index is 0.378. The number of benzene rings is 2. The van der Waals surface area contributed by atoms with Crippen LogP contribution in [0.3, 0.4) is 0 Å². The lowest BCUT2D eigenvalue weighted by Crippen LogP contribution is -2.48. The van der Waals surface area contributed by atoms with Gasteiger partial charge in [-0.05, 0) is 67.8 Å². The van der Waals surface area contributed by atoms with Gasteiger partial charge in [0.15, 0.2) is 0 Å². The maximum Gasteiger partial charge on any atom is 0.240 e. The van der Waals surface area contributed by atoms with Gasteiger partial charge in [0.1, 0.15) is 0 Å². The summed E-state index contributed by atoms with van der Waals surface area (Å²) < 4.78 is 28.1. The van der Waals surface area contributed by atoms with Crippen LogP contribution in [0.25, 0.3) is 0 Å². The lowest BCUT2D eigenvalue weighted by Gasteiger charge is -2.36. The molecule has 0 radical (unpaired) electrons. The largest absolute Gasteiger partial charge is 0.369 e. The van der Waals surface area contributed by atoms with E-state index in [2.05, 4.69) is 14.5 Å². The van der Waals surface area contributed by atoms with Crippen molar-refractivity contribution < 1.29 is 8.42 Å². The number of hydrogen-bond acceptors (Lipinski definition) is 4. The van der Waals surface area contributed by atoms with Crippen LogP contribution in [0.4, 0.5) is 5.69 Å². The Bertz CT molecular complexity index is 921. The molecule has 28 heavy (non-hydrogen) atoms. The summed E-state index contributed by atoms with van der Waals surface area (Å²) in [6.45, 7) is 10.6. The Morgan fingerprint density at radius 1 is 0.929 bits per heavy atom. The quantitative estimate of drug-likeness (QED) is 0.776. The number of aryl methyl sites for hydroxylation is 3. The maximum atomic E-state index is 12.7. The first-order valence-electron chi connectivity index (χ1n) is 9.56. The number of anilines is 1. The molecule has 0 unspecified atom stereocenters. The van der Waals surface area contributed by atoms with Gasteiger partial charge in [-0.25, -0.2) is 13.1 Å². The fourth-order valence-electron chi connectivity index (χ4n) is 3.52. The third-order valence-electron chi connectivity index (χ3n) is 5.36. The zero-order valence-corrected chi connectivity index (χ0v) is 18.3. The molecule has 2 aromatic rings. The third kappa shape index (κ3) is 5.06. The molecule has 1 heterocycles. The van der Waals surface area contributed by atoms with Crippen molar-refractivity contribution in [1.82, 2.24) is 9.62 Å². The van der Waals surface area contributed by atoms with Crippen molar-refractivity contribution in [2.75, 3.05) is 44.2 Å². The molecule has 1 aliphatic rings. The molecule has 0 spiro atoms. The van der Waals surface area contributed by atoms with Crippen molar-refractivity contribution in [3.05, 3.63) is 58.1 Å². The molecule has 0 aliphatic carbocycles. The molecule has 5 nitrogen and oxygen atoms in total. The molecule has 0 bridgehead atoms. The van der Waals surface area contributed by atoms with Gasteiger partial charge in [0.05, 0.1) is 4.90 Å². The van der Waals surface area contributed by atoms with E-state index in [0.717, 1.165) is 47.9 Å². The van der Waals surface area contributed by atoms with Gasteiger partial charge in [-0.2, -0.15) is 0 Å². The molecular weight excluding hydrogens is 394 g/mol. The van der Waals surface area contributed by atoms with Crippen LogP contribution < -0.4 is 9.62 Å². The first-order valence-corrected chi connectivity index (χ1v) is 11.4. The van der Waals surface area contributed by atoms with Crippen LogP contribution in [0, 0.1) is 20.8 Å². The summed E-state index contributed by atoms with van der Waals surface area (Å²) in [5, 5.41) is 0.744. The topological polar surface area (TPSA) is 52.7 Å². The average Bonchev–Trinajstić information content (AvgIpc) is 2.66. The molecule has 0 amide bonds. The van der Waals surface area contributed by atoms with Gasteiger partial charge in [0, 0.05) is 50.0 Å². The fraction of sp³-hybridized carbons (Fsp3) is 0.429. The third-order valence-corrected chi connectivity index (χ3v) is 7.22. The van der Waals surface area contributed by atoms with E-state index in [-0.39, 0.29) is 0 Å². The second-order valence-electron chi connectivity index (χ2n) is 7.40. The summed E-state index contributed by atoms with van der Waals surface area (Å²) in [6, 6.07) is 11.6. The summed E-state index contributed by atoms with van der Waals surface area (Å²) in [6.07, 6.45) is 0. The van der Waals surface area contributed by atoms with Crippen molar-refractivity contribution >= 4 is 27.3 Å². The van der Waals surface area contributed by atoms with Gasteiger partial charge in [-0.15, -0.1) is 0 Å². The zero-order valence-electron chi connectivity index (χ0n) is 16.7. The Balaban J connectivity index is 1.50. The molecule has 2 aromatic carbocycles. The second-order valence-corrected chi connectivity index (χ2v) is 9.58. The van der Waals surface area contributed by atoms with Crippen LogP contribution in [-0.4, -0.2) is 52.6 Å². The molecule has 3 rings (SSSR count). The molecule has 0 saturated carbocycles. The highest BCUT2D eigenvalue weighted by Crippen LogP contribution is 2.21. The summed E-state index contributed by atoms with van der Waals surface area (Å²) >= 11 is 5.96. The Morgan fingerprint density at radius 2 is 1.54 bits per heavy atom. The highest BCUT2D eigenvalue weighted by atomic mass is 35.5. The standard InChI is InChI=1S/C21H28ClN3O2S/c1-16-14-18(3)21(15-17(16)2)28(26,27)23-8-9-24-10-12-25(13-11-24)20-6-4-19(22)5-7-20/h4-7,14-15,23H,8-13H2,1-3H3. The summed E-state index contributed by atoms with van der Waals surface area (Å²) in [5.41, 5.74) is 4.06. The summed E-state index contributed by atoms with van der Waals surface area (Å²) in [7, 11) is -3.49. The molecule has 0 aromatic heterocycles. The molecular formula is C21H28ClN3O2S. The van der Waals surface area contributed by atoms with E-state index in [1.807, 2.05) is 51.1 Å². The van der Waals surface area contributed by atoms with Crippen LogP contribution in [0.15, 0.2) is 41.3 Å². The number of sulfonamides is 1. The van der Waals surface area contributed by atoms with E-state index in [1.54, 1.807) is 6.07 Å². The monoisotopic (exact) mass is 421 g/mol. The Morgan fingerprint density at radius 3 is 2.18 bits per heavy atom. The van der Waals surface area contributed by atoms with Crippen molar-refractivity contribution in [3.8, 4) is 0 Å². The van der Waals surface area contributed by atoms with Gasteiger partial charge in [0.25, 0.3) is 0 Å². The number of hydrogen-bond donors (Lipinski definition) is 1. The van der Waals surface area contributed by atoms with E-state index in [0.29, 0.717) is 18.0 Å². The van der Waals surface area contributed by atoms with Crippen LogP contribution in [0.2, 0.25) is 5.02 Å². The lowest BCUT2D eigenvalue weighted by atomic mass is 10.1. The first-order chi connectivity index (χ1) is 13.3. The molecule has 1 fully saturated rings. The Kier molecular flexibility index (Phi) is 6.65.